The minimum atomic E-state index is -0.192. The van der Waals surface area contributed by atoms with E-state index in [0.717, 1.165) is 18.3 Å². The zero-order valence-electron chi connectivity index (χ0n) is 13.2. The van der Waals surface area contributed by atoms with Crippen LogP contribution in [0.3, 0.4) is 0 Å². The lowest BCUT2D eigenvalue weighted by molar-refractivity contribution is -0.114. The van der Waals surface area contributed by atoms with Crippen LogP contribution in [0.2, 0.25) is 0 Å². The summed E-state index contributed by atoms with van der Waals surface area (Å²) >= 11 is 0. The van der Waals surface area contributed by atoms with Crippen LogP contribution in [0.25, 0.3) is 0 Å². The quantitative estimate of drug-likeness (QED) is 0.708. The van der Waals surface area contributed by atoms with Gasteiger partial charge in [-0.1, -0.05) is 25.8 Å². The van der Waals surface area contributed by atoms with Crippen LogP contribution in [0.5, 0.6) is 0 Å². The van der Waals surface area contributed by atoms with Crippen LogP contribution in [-0.2, 0) is 4.79 Å². The summed E-state index contributed by atoms with van der Waals surface area (Å²) in [6.07, 6.45) is 12.7. The van der Waals surface area contributed by atoms with Crippen molar-refractivity contribution in [1.82, 2.24) is 0 Å². The average molecular weight is 286 g/mol. The normalized spacial score (nSPS) is 48.9. The highest BCUT2D eigenvalue weighted by Crippen LogP contribution is 2.64. The molecule has 0 amide bonds. The maximum absolute atomic E-state index is 11.8. The lowest BCUT2D eigenvalue weighted by atomic mass is 9.48. The molecule has 3 fully saturated rings. The van der Waals surface area contributed by atoms with E-state index in [-0.39, 0.29) is 17.0 Å². The standard InChI is InChI=1S/C19H26O2/c1-18-8-3-4-14(18)13-6-5-12-10-16(20)17(21)11-19(12,2)15(13)7-9-18/h10-11,13-15,21H,3-9H2,1-2H3/t13-,14-,15-,18-,19-/m0/s1. The highest BCUT2D eigenvalue weighted by molar-refractivity contribution is 6.04. The van der Waals surface area contributed by atoms with Crippen LogP contribution in [0.15, 0.2) is 23.5 Å². The summed E-state index contributed by atoms with van der Waals surface area (Å²) < 4.78 is 0. The highest BCUT2D eigenvalue weighted by Gasteiger charge is 2.55. The largest absolute Gasteiger partial charge is 0.504 e. The predicted molar refractivity (Wildman–Crippen MR) is 82.8 cm³/mol. The summed E-state index contributed by atoms with van der Waals surface area (Å²) in [4.78, 5) is 11.8. The number of allylic oxidation sites excluding steroid dienone is 3. The molecule has 0 aromatic rings. The van der Waals surface area contributed by atoms with Gasteiger partial charge in [-0.15, -0.1) is 0 Å². The van der Waals surface area contributed by atoms with E-state index in [0.29, 0.717) is 11.3 Å². The molecule has 2 nitrogen and oxygen atoms in total. The van der Waals surface area contributed by atoms with Gasteiger partial charge >= 0.3 is 0 Å². The number of aliphatic hydroxyl groups excluding tert-OH is 1. The summed E-state index contributed by atoms with van der Waals surface area (Å²) in [7, 11) is 0. The van der Waals surface area contributed by atoms with Crippen molar-refractivity contribution >= 4 is 5.78 Å². The maximum Gasteiger partial charge on any atom is 0.219 e. The lowest BCUT2D eigenvalue weighted by Crippen LogP contribution is -2.48. The number of aliphatic hydroxyl groups is 1. The number of hydrogen-bond acceptors (Lipinski definition) is 2. The number of hydrogen-bond donors (Lipinski definition) is 1. The molecular weight excluding hydrogens is 260 g/mol. The molecule has 114 valence electrons. The van der Waals surface area contributed by atoms with E-state index in [1.807, 2.05) is 6.08 Å². The Balaban J connectivity index is 1.73. The van der Waals surface area contributed by atoms with E-state index in [9.17, 15) is 9.90 Å². The molecule has 0 radical (unpaired) electrons. The second-order valence-corrected chi connectivity index (χ2v) is 8.35. The Morgan fingerprint density at radius 1 is 1.14 bits per heavy atom. The molecule has 2 heteroatoms. The summed E-state index contributed by atoms with van der Waals surface area (Å²) in [6, 6.07) is 0. The van der Waals surface area contributed by atoms with Gasteiger partial charge in [0.1, 0.15) is 0 Å². The van der Waals surface area contributed by atoms with E-state index in [2.05, 4.69) is 13.8 Å². The Hall–Kier alpha value is -1.05. The number of carbonyl (C=O) groups is 1. The molecule has 0 spiro atoms. The Bertz CT molecular complexity index is 558. The SMILES string of the molecule is C[C@@]12CCC[C@H]1[C@@H]1CCC3=CC(=O)C(O)=C[C@]3(C)[C@H]1CC2. The van der Waals surface area contributed by atoms with Crippen molar-refractivity contribution in [2.45, 2.75) is 58.8 Å². The second kappa shape index (κ2) is 4.24. The zero-order valence-corrected chi connectivity index (χ0v) is 13.2. The molecule has 0 aromatic carbocycles. The van der Waals surface area contributed by atoms with E-state index < -0.39 is 0 Å². The van der Waals surface area contributed by atoms with Crippen LogP contribution in [0, 0.1) is 28.6 Å². The summed E-state index contributed by atoms with van der Waals surface area (Å²) in [5.41, 5.74) is 1.76. The van der Waals surface area contributed by atoms with Gasteiger partial charge in [0.05, 0.1) is 0 Å². The molecule has 0 aliphatic heterocycles. The molecule has 4 aliphatic rings. The molecule has 4 rings (SSSR count). The molecule has 21 heavy (non-hydrogen) atoms. The summed E-state index contributed by atoms with van der Waals surface area (Å²) in [5, 5.41) is 9.98. The van der Waals surface area contributed by atoms with Crippen LogP contribution < -0.4 is 0 Å². The van der Waals surface area contributed by atoms with Crippen molar-refractivity contribution in [3.8, 4) is 0 Å². The smallest absolute Gasteiger partial charge is 0.219 e. The van der Waals surface area contributed by atoms with Gasteiger partial charge in [-0.05, 0) is 73.8 Å². The van der Waals surface area contributed by atoms with Crippen LogP contribution >= 0.6 is 0 Å². The van der Waals surface area contributed by atoms with Crippen molar-refractivity contribution in [3.05, 3.63) is 23.5 Å². The number of fused-ring (bicyclic) bond motifs is 5. The molecule has 3 saturated carbocycles. The number of rotatable bonds is 0. The van der Waals surface area contributed by atoms with Crippen LogP contribution in [-0.4, -0.2) is 10.9 Å². The number of carbonyl (C=O) groups excluding carboxylic acids is 1. The van der Waals surface area contributed by atoms with Gasteiger partial charge in [0.25, 0.3) is 0 Å². The molecule has 1 N–H and O–H groups in total. The van der Waals surface area contributed by atoms with Gasteiger partial charge in [-0.2, -0.15) is 0 Å². The van der Waals surface area contributed by atoms with E-state index in [1.54, 1.807) is 6.08 Å². The maximum atomic E-state index is 11.8. The zero-order chi connectivity index (χ0) is 14.8. The molecule has 0 saturated heterocycles. The van der Waals surface area contributed by atoms with Gasteiger partial charge < -0.3 is 5.11 Å². The van der Waals surface area contributed by atoms with E-state index >= 15 is 0 Å². The first-order valence-electron chi connectivity index (χ1n) is 8.61. The minimum Gasteiger partial charge on any atom is -0.504 e. The van der Waals surface area contributed by atoms with E-state index in [4.69, 9.17) is 0 Å². The van der Waals surface area contributed by atoms with Gasteiger partial charge in [0, 0.05) is 5.41 Å². The molecule has 0 aromatic heterocycles. The molecule has 0 unspecified atom stereocenters. The van der Waals surface area contributed by atoms with E-state index in [1.165, 1.54) is 44.1 Å². The van der Waals surface area contributed by atoms with Gasteiger partial charge in [-0.25, -0.2) is 0 Å². The van der Waals surface area contributed by atoms with Gasteiger partial charge in [0.15, 0.2) is 5.76 Å². The molecule has 5 atom stereocenters. The molecule has 0 heterocycles. The van der Waals surface area contributed by atoms with Crippen molar-refractivity contribution < 1.29 is 9.90 Å². The summed E-state index contributed by atoms with van der Waals surface area (Å²) in [5.74, 6) is 2.04. The fourth-order valence-corrected chi connectivity index (χ4v) is 6.27. The van der Waals surface area contributed by atoms with Crippen molar-refractivity contribution in [2.75, 3.05) is 0 Å². The third-order valence-electron chi connectivity index (χ3n) is 7.42. The minimum absolute atomic E-state index is 0.0262. The predicted octanol–water partition coefficient (Wildman–Crippen LogP) is 4.57. The first kappa shape index (κ1) is 13.6. The Morgan fingerprint density at radius 2 is 1.95 bits per heavy atom. The second-order valence-electron chi connectivity index (χ2n) is 8.35. The van der Waals surface area contributed by atoms with Crippen molar-refractivity contribution in [2.24, 2.45) is 28.6 Å². The third-order valence-corrected chi connectivity index (χ3v) is 7.42. The number of ketones is 1. The van der Waals surface area contributed by atoms with Gasteiger partial charge in [-0.3, -0.25) is 4.79 Å². The first-order chi connectivity index (χ1) is 9.94. The topological polar surface area (TPSA) is 37.3 Å². The average Bonchev–Trinajstić information content (AvgIpc) is 2.82. The lowest BCUT2D eigenvalue weighted by Gasteiger charge is -2.56. The van der Waals surface area contributed by atoms with Crippen LogP contribution in [0.1, 0.15) is 58.8 Å². The third kappa shape index (κ3) is 1.74. The van der Waals surface area contributed by atoms with Gasteiger partial charge in [0.2, 0.25) is 5.78 Å². The van der Waals surface area contributed by atoms with Crippen molar-refractivity contribution in [1.29, 1.82) is 0 Å². The monoisotopic (exact) mass is 286 g/mol. The fraction of sp³-hybridized carbons (Fsp3) is 0.737. The summed E-state index contributed by atoms with van der Waals surface area (Å²) in [6.45, 7) is 4.77. The molecular formula is C19H26O2. The Kier molecular flexibility index (Phi) is 2.75. The first-order valence-corrected chi connectivity index (χ1v) is 8.61. The Labute approximate surface area is 127 Å². The molecule has 0 bridgehead atoms. The fourth-order valence-electron chi connectivity index (χ4n) is 6.27. The van der Waals surface area contributed by atoms with Crippen molar-refractivity contribution in [3.63, 3.8) is 0 Å². The van der Waals surface area contributed by atoms with Crippen LogP contribution in [0.4, 0.5) is 0 Å². The molecule has 4 aliphatic carbocycles. The Morgan fingerprint density at radius 3 is 2.76 bits per heavy atom. The highest BCUT2D eigenvalue weighted by atomic mass is 16.3.